The second-order valence-corrected chi connectivity index (χ2v) is 4.32. The zero-order valence-corrected chi connectivity index (χ0v) is 10.6. The van der Waals surface area contributed by atoms with E-state index in [0.717, 1.165) is 24.0 Å². The predicted octanol–water partition coefficient (Wildman–Crippen LogP) is 1.41. The predicted molar refractivity (Wildman–Crippen MR) is 72.7 cm³/mol. The van der Waals surface area contributed by atoms with E-state index in [-0.39, 0.29) is 0 Å². The summed E-state index contributed by atoms with van der Waals surface area (Å²) in [4.78, 5) is 4.41. The molecular weight excluding hydrogens is 240 g/mol. The molecule has 0 radical (unpaired) electrons. The fourth-order valence-corrected chi connectivity index (χ4v) is 1.88. The molecule has 96 valence electrons. The van der Waals surface area contributed by atoms with Crippen molar-refractivity contribution < 1.29 is 0 Å². The highest BCUT2D eigenvalue weighted by Gasteiger charge is 2.01. The first-order valence-electron chi connectivity index (χ1n) is 6.12. The van der Waals surface area contributed by atoms with Crippen molar-refractivity contribution in [1.82, 2.24) is 25.0 Å². The number of aryl methyl sites for hydroxylation is 1. The van der Waals surface area contributed by atoms with Crippen molar-refractivity contribution in [1.29, 1.82) is 0 Å². The van der Waals surface area contributed by atoms with Gasteiger partial charge in [0.1, 0.15) is 5.52 Å². The molecule has 6 heteroatoms. The van der Waals surface area contributed by atoms with Crippen molar-refractivity contribution in [2.75, 3.05) is 11.9 Å². The first-order valence-corrected chi connectivity index (χ1v) is 6.12. The molecule has 0 bridgehead atoms. The Labute approximate surface area is 110 Å². The highest BCUT2D eigenvalue weighted by atomic mass is 15.2. The lowest BCUT2D eigenvalue weighted by molar-refractivity contribution is 0.766. The van der Waals surface area contributed by atoms with Gasteiger partial charge in [0.2, 0.25) is 5.95 Å². The average Bonchev–Trinajstić information content (AvgIpc) is 2.84. The fraction of sp³-hybridized carbons (Fsp3) is 0.231. The summed E-state index contributed by atoms with van der Waals surface area (Å²) in [5.74, 6) is 0.558. The number of nitrogens with one attached hydrogen (secondary N) is 1. The van der Waals surface area contributed by atoms with E-state index in [0.29, 0.717) is 5.95 Å². The number of rotatable bonds is 4. The maximum absolute atomic E-state index is 4.41. The minimum Gasteiger partial charge on any atom is -0.353 e. The normalized spacial score (nSPS) is 10.8. The van der Waals surface area contributed by atoms with Crippen molar-refractivity contribution >= 4 is 17.0 Å². The summed E-state index contributed by atoms with van der Waals surface area (Å²) in [7, 11) is 1.91. The van der Waals surface area contributed by atoms with Crippen LogP contribution in [-0.2, 0) is 13.5 Å². The van der Waals surface area contributed by atoms with Crippen LogP contribution < -0.4 is 5.32 Å². The lowest BCUT2D eigenvalue weighted by Gasteiger charge is -2.03. The summed E-state index contributed by atoms with van der Waals surface area (Å²) in [5.41, 5.74) is 2.84. The van der Waals surface area contributed by atoms with Crippen molar-refractivity contribution in [2.45, 2.75) is 6.42 Å². The molecule has 0 amide bonds. The molecule has 0 atom stereocenters. The minimum atomic E-state index is 0.558. The standard InChI is InChI=1S/C13H14N6/c1-19-9-10(8-15-19)6-7-14-13-16-11-4-2-3-5-12(11)17-18-13/h2-5,8-9H,6-7H2,1H3,(H,14,16,18). The van der Waals surface area contributed by atoms with Crippen LogP contribution in [0.25, 0.3) is 11.0 Å². The van der Waals surface area contributed by atoms with E-state index in [1.165, 1.54) is 5.56 Å². The minimum absolute atomic E-state index is 0.558. The number of aromatic nitrogens is 5. The van der Waals surface area contributed by atoms with Gasteiger partial charge in [-0.05, 0) is 24.1 Å². The molecule has 19 heavy (non-hydrogen) atoms. The number of benzene rings is 1. The largest absolute Gasteiger partial charge is 0.353 e. The summed E-state index contributed by atoms with van der Waals surface area (Å²) < 4.78 is 1.80. The molecule has 0 fully saturated rings. The molecule has 6 nitrogen and oxygen atoms in total. The third-order valence-corrected chi connectivity index (χ3v) is 2.82. The molecule has 3 aromatic rings. The number of nitrogens with zero attached hydrogens (tertiary/aromatic N) is 5. The van der Waals surface area contributed by atoms with Crippen LogP contribution in [0.15, 0.2) is 36.7 Å². The molecule has 3 rings (SSSR count). The summed E-state index contributed by atoms with van der Waals surface area (Å²) in [6, 6.07) is 7.69. The highest BCUT2D eigenvalue weighted by Crippen LogP contribution is 2.08. The van der Waals surface area contributed by atoms with Crippen LogP contribution in [0.1, 0.15) is 5.56 Å². The van der Waals surface area contributed by atoms with Gasteiger partial charge in [0.15, 0.2) is 0 Å². The Morgan fingerprint density at radius 2 is 2.00 bits per heavy atom. The molecule has 1 N–H and O–H groups in total. The molecule has 2 heterocycles. The Balaban J connectivity index is 1.65. The first kappa shape index (κ1) is 11.6. The summed E-state index contributed by atoms with van der Waals surface area (Å²) >= 11 is 0. The third kappa shape index (κ3) is 2.67. The average molecular weight is 254 g/mol. The van der Waals surface area contributed by atoms with E-state index in [1.54, 1.807) is 4.68 Å². The van der Waals surface area contributed by atoms with E-state index < -0.39 is 0 Å². The van der Waals surface area contributed by atoms with Crippen LogP contribution in [0.4, 0.5) is 5.95 Å². The number of fused-ring (bicyclic) bond motifs is 1. The van der Waals surface area contributed by atoms with Gasteiger partial charge in [0.25, 0.3) is 0 Å². The maximum Gasteiger partial charge on any atom is 0.243 e. The van der Waals surface area contributed by atoms with Gasteiger partial charge in [-0.15, -0.1) is 10.2 Å². The van der Waals surface area contributed by atoms with Gasteiger partial charge in [0.05, 0.1) is 11.7 Å². The molecule has 0 aliphatic carbocycles. The third-order valence-electron chi connectivity index (χ3n) is 2.82. The fourth-order valence-electron chi connectivity index (χ4n) is 1.88. The number of anilines is 1. The summed E-state index contributed by atoms with van der Waals surface area (Å²) in [6.07, 6.45) is 4.74. The van der Waals surface area contributed by atoms with Crippen LogP contribution >= 0.6 is 0 Å². The van der Waals surface area contributed by atoms with E-state index in [1.807, 2.05) is 43.7 Å². The number of para-hydroxylation sites is 1. The van der Waals surface area contributed by atoms with Crippen LogP contribution in [0.2, 0.25) is 0 Å². The highest BCUT2D eigenvalue weighted by molar-refractivity contribution is 5.73. The van der Waals surface area contributed by atoms with Crippen LogP contribution in [0.3, 0.4) is 0 Å². The zero-order valence-electron chi connectivity index (χ0n) is 10.6. The van der Waals surface area contributed by atoms with Crippen molar-refractivity contribution in [3.8, 4) is 0 Å². The van der Waals surface area contributed by atoms with Gasteiger partial charge in [-0.25, -0.2) is 4.98 Å². The van der Waals surface area contributed by atoms with Crippen molar-refractivity contribution in [3.05, 3.63) is 42.2 Å². The Morgan fingerprint density at radius 1 is 1.16 bits per heavy atom. The second-order valence-electron chi connectivity index (χ2n) is 4.32. The van der Waals surface area contributed by atoms with E-state index in [9.17, 15) is 0 Å². The van der Waals surface area contributed by atoms with Crippen LogP contribution in [0, 0.1) is 0 Å². The van der Waals surface area contributed by atoms with Gasteiger partial charge < -0.3 is 5.32 Å². The topological polar surface area (TPSA) is 68.5 Å². The number of hydrogen-bond donors (Lipinski definition) is 1. The molecular formula is C13H14N6. The Hall–Kier alpha value is -2.50. The van der Waals surface area contributed by atoms with Crippen LogP contribution in [0.5, 0.6) is 0 Å². The molecule has 0 unspecified atom stereocenters. The van der Waals surface area contributed by atoms with E-state index >= 15 is 0 Å². The van der Waals surface area contributed by atoms with Crippen LogP contribution in [-0.4, -0.2) is 31.5 Å². The van der Waals surface area contributed by atoms with E-state index in [4.69, 9.17) is 0 Å². The lowest BCUT2D eigenvalue weighted by atomic mass is 10.2. The quantitative estimate of drug-likeness (QED) is 0.762. The second kappa shape index (κ2) is 5.01. The lowest BCUT2D eigenvalue weighted by Crippen LogP contribution is -2.08. The molecule has 2 aromatic heterocycles. The first-order chi connectivity index (χ1) is 9.31. The summed E-state index contributed by atoms with van der Waals surface area (Å²) in [6.45, 7) is 0.756. The van der Waals surface area contributed by atoms with Gasteiger partial charge in [-0.2, -0.15) is 5.10 Å². The molecule has 0 saturated heterocycles. The molecule has 0 spiro atoms. The van der Waals surface area contributed by atoms with Gasteiger partial charge in [0, 0.05) is 19.8 Å². The Bertz CT molecular complexity index is 690. The monoisotopic (exact) mass is 254 g/mol. The molecule has 1 aromatic carbocycles. The van der Waals surface area contributed by atoms with Gasteiger partial charge >= 0.3 is 0 Å². The zero-order chi connectivity index (χ0) is 13.1. The summed E-state index contributed by atoms with van der Waals surface area (Å²) in [5, 5.41) is 15.5. The molecule has 0 aliphatic heterocycles. The van der Waals surface area contributed by atoms with Crippen molar-refractivity contribution in [2.24, 2.45) is 7.05 Å². The maximum atomic E-state index is 4.41. The van der Waals surface area contributed by atoms with E-state index in [2.05, 4.69) is 25.6 Å². The Kier molecular flexibility index (Phi) is 3.06. The number of hydrogen-bond acceptors (Lipinski definition) is 5. The van der Waals surface area contributed by atoms with Gasteiger partial charge in [-0.3, -0.25) is 4.68 Å². The Morgan fingerprint density at radius 3 is 2.79 bits per heavy atom. The molecule has 0 aliphatic rings. The SMILES string of the molecule is Cn1cc(CCNc2nnc3ccccc3n2)cn1. The smallest absolute Gasteiger partial charge is 0.243 e. The molecule has 0 saturated carbocycles. The van der Waals surface area contributed by atoms with Crippen molar-refractivity contribution in [3.63, 3.8) is 0 Å². The van der Waals surface area contributed by atoms with Gasteiger partial charge in [-0.1, -0.05) is 12.1 Å².